The molecule has 0 aromatic carbocycles. The summed E-state index contributed by atoms with van der Waals surface area (Å²) in [7, 11) is 0.635. The molecule has 0 unspecified atom stereocenters. The van der Waals surface area contributed by atoms with E-state index in [2.05, 4.69) is 41.0 Å². The van der Waals surface area contributed by atoms with Crippen LogP contribution < -0.4 is 0 Å². The molecule has 0 N–H and O–H groups in total. The third-order valence-electron chi connectivity index (χ3n) is 2.21. The Hall–Kier alpha value is 0.860. The molecule has 0 aliphatic carbocycles. The van der Waals surface area contributed by atoms with Gasteiger partial charge in [-0.3, -0.25) is 0 Å². The number of hydrogen-bond acceptors (Lipinski definition) is 0. The van der Waals surface area contributed by atoms with Crippen molar-refractivity contribution in [2.75, 3.05) is 19.2 Å². The molecule has 0 heterocycles. The van der Waals surface area contributed by atoms with Crippen molar-refractivity contribution >= 4 is 15.8 Å². The van der Waals surface area contributed by atoms with Crippen LogP contribution in [0.1, 0.15) is 27.7 Å². The van der Waals surface area contributed by atoms with Crippen LogP contribution in [-0.4, -0.2) is 30.6 Å². The molecule has 2 heteroatoms. The summed E-state index contributed by atoms with van der Waals surface area (Å²) in [6.07, 6.45) is 0. The lowest BCUT2D eigenvalue weighted by molar-refractivity contribution is 1.08. The van der Waals surface area contributed by atoms with Gasteiger partial charge in [0.15, 0.2) is 0 Å². The van der Waals surface area contributed by atoms with Crippen molar-refractivity contribution in [3.8, 4) is 0 Å². The summed E-state index contributed by atoms with van der Waals surface area (Å²) in [5.74, 6) is 1.51. The van der Waals surface area contributed by atoms with E-state index in [0.29, 0.717) is 15.8 Å². The van der Waals surface area contributed by atoms with Gasteiger partial charge < -0.3 is 0 Å². The van der Waals surface area contributed by atoms with Crippen molar-refractivity contribution < 1.29 is 0 Å². The summed E-state index contributed by atoms with van der Waals surface area (Å²) in [4.78, 5) is 0. The number of hydrogen-bond donors (Lipinski definition) is 0. The van der Waals surface area contributed by atoms with Gasteiger partial charge in [-0.25, -0.2) is 0 Å². The van der Waals surface area contributed by atoms with E-state index in [-0.39, 0.29) is 0 Å². The standard InChI is InChI=1S/C9H22P2/c1-8(2)10(5)7-11(6)9(3)4/h8-9H,7H2,1-6H3/t10-,11-/m0/s1. The second-order valence-corrected chi connectivity index (χ2v) is 10.1. The third-order valence-corrected chi connectivity index (χ3v) is 9.30. The van der Waals surface area contributed by atoms with E-state index in [1.165, 1.54) is 5.90 Å². The van der Waals surface area contributed by atoms with Crippen LogP contribution in [0.4, 0.5) is 0 Å². The van der Waals surface area contributed by atoms with E-state index >= 15 is 0 Å². The molecule has 0 amide bonds. The minimum Gasteiger partial charge on any atom is -0.103 e. The van der Waals surface area contributed by atoms with Crippen LogP contribution in [-0.2, 0) is 0 Å². The third kappa shape index (κ3) is 5.15. The fourth-order valence-corrected chi connectivity index (χ4v) is 6.11. The Kier molecular flexibility index (Phi) is 5.93. The lowest BCUT2D eigenvalue weighted by Crippen LogP contribution is -1.99. The van der Waals surface area contributed by atoms with Gasteiger partial charge in [-0.15, -0.1) is 15.8 Å². The molecule has 0 rings (SSSR count). The molecule has 2 atom stereocenters. The van der Waals surface area contributed by atoms with E-state index in [1.54, 1.807) is 0 Å². The second kappa shape index (κ2) is 5.50. The zero-order valence-corrected chi connectivity index (χ0v) is 10.5. The maximum absolute atomic E-state index is 2.45. The van der Waals surface area contributed by atoms with Gasteiger partial charge in [0.05, 0.1) is 0 Å². The van der Waals surface area contributed by atoms with Crippen molar-refractivity contribution in [3.63, 3.8) is 0 Å². The quantitative estimate of drug-likeness (QED) is 0.591. The fraction of sp³-hybridized carbons (Fsp3) is 1.00. The van der Waals surface area contributed by atoms with Crippen LogP contribution in [0.15, 0.2) is 0 Å². The molecule has 0 saturated carbocycles. The Balaban J connectivity index is 3.66. The zero-order chi connectivity index (χ0) is 9.02. The Labute approximate surface area is 74.7 Å². The lowest BCUT2D eigenvalue weighted by atomic mass is 10.6. The van der Waals surface area contributed by atoms with Gasteiger partial charge >= 0.3 is 0 Å². The molecule has 0 fully saturated rings. The SMILES string of the molecule is CC(C)[P@@](C)C[P@](C)C(C)C. The Morgan fingerprint density at radius 1 is 0.818 bits per heavy atom. The molecule has 0 aromatic heterocycles. The maximum Gasteiger partial charge on any atom is -0.0121 e. The van der Waals surface area contributed by atoms with E-state index < -0.39 is 0 Å². The van der Waals surface area contributed by atoms with Gasteiger partial charge in [0, 0.05) is 0 Å². The molecule has 0 radical (unpaired) electrons. The van der Waals surface area contributed by atoms with E-state index in [4.69, 9.17) is 0 Å². The van der Waals surface area contributed by atoms with Crippen LogP contribution in [0.5, 0.6) is 0 Å². The molecule has 0 bridgehead atoms. The summed E-state index contributed by atoms with van der Waals surface area (Å²) in [5, 5.41) is 0. The molecule has 0 nitrogen and oxygen atoms in total. The minimum atomic E-state index is 0.317. The monoisotopic (exact) mass is 192 g/mol. The largest absolute Gasteiger partial charge is 0.103 e. The van der Waals surface area contributed by atoms with Crippen molar-refractivity contribution in [2.45, 2.75) is 39.0 Å². The van der Waals surface area contributed by atoms with Crippen LogP contribution >= 0.6 is 15.8 Å². The van der Waals surface area contributed by atoms with Crippen LogP contribution in [0.3, 0.4) is 0 Å². The van der Waals surface area contributed by atoms with Crippen molar-refractivity contribution in [2.24, 2.45) is 0 Å². The topological polar surface area (TPSA) is 0 Å². The normalized spacial score (nSPS) is 17.5. The summed E-state index contributed by atoms with van der Waals surface area (Å²) >= 11 is 0. The predicted molar refractivity (Wildman–Crippen MR) is 60.8 cm³/mol. The molecule has 0 aliphatic rings. The van der Waals surface area contributed by atoms with Crippen molar-refractivity contribution in [3.05, 3.63) is 0 Å². The lowest BCUT2D eigenvalue weighted by Gasteiger charge is -2.23. The van der Waals surface area contributed by atoms with E-state index in [1.807, 2.05) is 0 Å². The molecule has 0 saturated heterocycles. The first-order valence-corrected chi connectivity index (χ1v) is 8.44. The molecule has 0 aliphatic heterocycles. The molecule has 11 heavy (non-hydrogen) atoms. The average molecular weight is 192 g/mol. The highest BCUT2D eigenvalue weighted by atomic mass is 31.2. The molecular formula is C9H22P2. The highest BCUT2D eigenvalue weighted by molar-refractivity contribution is 7.74. The summed E-state index contributed by atoms with van der Waals surface area (Å²) in [6.45, 7) is 14.3. The van der Waals surface area contributed by atoms with Gasteiger partial charge in [-0.2, -0.15) is 0 Å². The molecule has 0 aromatic rings. The first-order valence-electron chi connectivity index (χ1n) is 4.35. The number of rotatable bonds is 4. The summed E-state index contributed by atoms with van der Waals surface area (Å²) in [6, 6.07) is 0. The Morgan fingerprint density at radius 2 is 1.09 bits per heavy atom. The Morgan fingerprint density at radius 3 is 1.27 bits per heavy atom. The van der Waals surface area contributed by atoms with Gasteiger partial charge in [0.2, 0.25) is 0 Å². The van der Waals surface area contributed by atoms with Gasteiger partial charge in [0.1, 0.15) is 0 Å². The van der Waals surface area contributed by atoms with Crippen molar-refractivity contribution in [1.82, 2.24) is 0 Å². The van der Waals surface area contributed by atoms with Crippen molar-refractivity contribution in [1.29, 1.82) is 0 Å². The first kappa shape index (κ1) is 11.9. The predicted octanol–water partition coefficient (Wildman–Crippen LogP) is 3.98. The molecule has 68 valence electrons. The summed E-state index contributed by atoms with van der Waals surface area (Å²) in [5.41, 5.74) is 1.85. The van der Waals surface area contributed by atoms with Gasteiger partial charge in [-0.05, 0) is 30.6 Å². The minimum absolute atomic E-state index is 0.317. The highest BCUT2D eigenvalue weighted by Crippen LogP contribution is 2.51. The van der Waals surface area contributed by atoms with Crippen LogP contribution in [0, 0.1) is 0 Å². The average Bonchev–Trinajstić information content (AvgIpc) is 1.87. The van der Waals surface area contributed by atoms with E-state index in [0.717, 1.165) is 11.3 Å². The molecular weight excluding hydrogens is 170 g/mol. The van der Waals surface area contributed by atoms with Gasteiger partial charge in [0.25, 0.3) is 0 Å². The van der Waals surface area contributed by atoms with Gasteiger partial charge in [-0.1, -0.05) is 27.7 Å². The maximum atomic E-state index is 2.45. The molecule has 0 spiro atoms. The van der Waals surface area contributed by atoms with Crippen LogP contribution in [0.2, 0.25) is 0 Å². The van der Waals surface area contributed by atoms with E-state index in [9.17, 15) is 0 Å². The zero-order valence-electron chi connectivity index (χ0n) is 8.76. The first-order chi connectivity index (χ1) is 4.95. The highest BCUT2D eigenvalue weighted by Gasteiger charge is 2.12. The smallest absolute Gasteiger partial charge is 0.0121 e. The second-order valence-electron chi connectivity index (χ2n) is 3.84. The fourth-order valence-electron chi connectivity index (χ4n) is 0.678. The Bertz CT molecular complexity index is 87.7. The summed E-state index contributed by atoms with van der Waals surface area (Å²) < 4.78 is 0. The van der Waals surface area contributed by atoms with Crippen LogP contribution in [0.25, 0.3) is 0 Å².